The van der Waals surface area contributed by atoms with Crippen LogP contribution in [0.1, 0.15) is 32.9 Å². The van der Waals surface area contributed by atoms with E-state index in [0.717, 1.165) is 37.3 Å². The average Bonchev–Trinajstić information content (AvgIpc) is 3.36. The molecule has 0 saturated carbocycles. The molecule has 142 valence electrons. The van der Waals surface area contributed by atoms with Crippen LogP contribution in [0.3, 0.4) is 0 Å². The lowest BCUT2D eigenvalue weighted by Crippen LogP contribution is -2.29. The Labute approximate surface area is 170 Å². The van der Waals surface area contributed by atoms with Gasteiger partial charge < -0.3 is 9.64 Å². The number of nitrogens with zero attached hydrogens (tertiary/aromatic N) is 1. The minimum Gasteiger partial charge on any atom is -0.454 e. The van der Waals surface area contributed by atoms with E-state index in [9.17, 15) is 14.4 Å². The summed E-state index contributed by atoms with van der Waals surface area (Å²) in [6, 6.07) is 10.2. The molecule has 1 amide bonds. The Hall–Kier alpha value is -1.83. The van der Waals surface area contributed by atoms with Crippen molar-refractivity contribution < 1.29 is 19.1 Å². The molecule has 2 heterocycles. The van der Waals surface area contributed by atoms with Gasteiger partial charge in [-0.3, -0.25) is 9.59 Å². The molecule has 0 atom stereocenters. The van der Waals surface area contributed by atoms with Gasteiger partial charge in [-0.2, -0.15) is 0 Å². The number of hydrogen-bond donors (Lipinski definition) is 0. The number of carbonyl (C=O) groups is 3. The van der Waals surface area contributed by atoms with Crippen LogP contribution in [0.4, 0.5) is 0 Å². The van der Waals surface area contributed by atoms with E-state index in [4.69, 9.17) is 16.3 Å². The van der Waals surface area contributed by atoms with Crippen LogP contribution in [0.5, 0.6) is 0 Å². The molecule has 1 aromatic carbocycles. The third-order valence-corrected chi connectivity index (χ3v) is 6.43. The van der Waals surface area contributed by atoms with Crippen LogP contribution >= 0.6 is 34.7 Å². The molecule has 0 radical (unpaired) electrons. The third kappa shape index (κ3) is 5.34. The zero-order valence-electron chi connectivity index (χ0n) is 14.5. The van der Waals surface area contributed by atoms with Crippen LogP contribution in [0.15, 0.2) is 41.3 Å². The monoisotopic (exact) mass is 423 g/mol. The zero-order valence-corrected chi connectivity index (χ0v) is 16.9. The van der Waals surface area contributed by atoms with Crippen LogP contribution in [0, 0.1) is 0 Å². The third-order valence-electron chi connectivity index (χ3n) is 4.10. The number of halogens is 1. The Morgan fingerprint density at radius 1 is 1.11 bits per heavy atom. The highest BCUT2D eigenvalue weighted by Gasteiger charge is 2.20. The van der Waals surface area contributed by atoms with E-state index < -0.39 is 5.97 Å². The highest BCUT2D eigenvalue weighted by Crippen LogP contribution is 2.25. The summed E-state index contributed by atoms with van der Waals surface area (Å²) >= 11 is 8.28. The molecule has 0 N–H and O–H groups in total. The SMILES string of the molecule is O=C(COC(=O)c1ccccc1SCC(=O)N1CCCC1)c1ccc(Cl)s1. The number of thiophene rings is 1. The van der Waals surface area contributed by atoms with Gasteiger partial charge >= 0.3 is 5.97 Å². The summed E-state index contributed by atoms with van der Waals surface area (Å²) in [4.78, 5) is 39.6. The van der Waals surface area contributed by atoms with Crippen LogP contribution in [0.25, 0.3) is 0 Å². The molecule has 0 unspecified atom stereocenters. The first-order valence-electron chi connectivity index (χ1n) is 8.50. The van der Waals surface area contributed by atoms with E-state index in [2.05, 4.69) is 0 Å². The lowest BCUT2D eigenvalue weighted by atomic mass is 10.2. The van der Waals surface area contributed by atoms with Gasteiger partial charge in [0.2, 0.25) is 11.7 Å². The number of ether oxygens (including phenoxy) is 1. The fourth-order valence-corrected chi connectivity index (χ4v) is 4.61. The molecule has 0 spiro atoms. The van der Waals surface area contributed by atoms with Crippen LogP contribution in [0.2, 0.25) is 4.34 Å². The van der Waals surface area contributed by atoms with Gasteiger partial charge in [0, 0.05) is 18.0 Å². The molecular formula is C19H18ClNO4S2. The van der Waals surface area contributed by atoms with E-state index >= 15 is 0 Å². The van der Waals surface area contributed by atoms with Gasteiger partial charge in [0.25, 0.3) is 0 Å². The van der Waals surface area contributed by atoms with Gasteiger partial charge in [0.15, 0.2) is 6.61 Å². The number of thioether (sulfide) groups is 1. The van der Waals surface area contributed by atoms with Crippen molar-refractivity contribution in [3.63, 3.8) is 0 Å². The molecule has 8 heteroatoms. The number of carbonyl (C=O) groups excluding carboxylic acids is 3. The van der Waals surface area contributed by atoms with Crippen molar-refractivity contribution in [2.24, 2.45) is 0 Å². The van der Waals surface area contributed by atoms with E-state index in [0.29, 0.717) is 19.7 Å². The lowest BCUT2D eigenvalue weighted by Gasteiger charge is -2.15. The molecule has 1 aromatic heterocycles. The summed E-state index contributed by atoms with van der Waals surface area (Å²) in [5, 5.41) is 0. The van der Waals surface area contributed by atoms with Gasteiger partial charge in [0.05, 0.1) is 20.5 Å². The molecular weight excluding hydrogens is 406 g/mol. The molecule has 1 fully saturated rings. The molecule has 0 aliphatic carbocycles. The Morgan fingerprint density at radius 2 is 1.85 bits per heavy atom. The minimum absolute atomic E-state index is 0.0745. The van der Waals surface area contributed by atoms with Gasteiger partial charge in [-0.1, -0.05) is 23.7 Å². The van der Waals surface area contributed by atoms with E-state index in [1.165, 1.54) is 11.8 Å². The highest BCUT2D eigenvalue weighted by atomic mass is 35.5. The van der Waals surface area contributed by atoms with Crippen LogP contribution in [-0.2, 0) is 9.53 Å². The number of esters is 1. The number of amides is 1. The molecule has 3 rings (SSSR count). The molecule has 27 heavy (non-hydrogen) atoms. The maximum atomic E-state index is 12.4. The topological polar surface area (TPSA) is 63.7 Å². The fraction of sp³-hybridized carbons (Fsp3) is 0.316. The van der Waals surface area contributed by atoms with Crippen LogP contribution in [-0.4, -0.2) is 48.0 Å². The minimum atomic E-state index is -0.581. The molecule has 2 aromatic rings. The zero-order chi connectivity index (χ0) is 19.2. The predicted octanol–water partition coefficient (Wildman–Crippen LogP) is 4.16. The maximum Gasteiger partial charge on any atom is 0.339 e. The van der Waals surface area contributed by atoms with Gasteiger partial charge in [-0.15, -0.1) is 23.1 Å². The van der Waals surface area contributed by atoms with E-state index in [1.54, 1.807) is 36.4 Å². The summed E-state index contributed by atoms with van der Waals surface area (Å²) < 4.78 is 5.68. The molecule has 1 aliphatic heterocycles. The van der Waals surface area contributed by atoms with Crippen molar-refractivity contribution in [1.29, 1.82) is 0 Å². The Kier molecular flexibility index (Phi) is 6.93. The number of likely N-dealkylation sites (tertiary alicyclic amines) is 1. The van der Waals surface area contributed by atoms with Crippen molar-refractivity contribution in [2.75, 3.05) is 25.4 Å². The molecule has 0 bridgehead atoms. The van der Waals surface area contributed by atoms with Crippen molar-refractivity contribution >= 4 is 52.4 Å². The second kappa shape index (κ2) is 9.39. The number of Topliss-reactive ketones (excluding diaryl/α,β-unsaturated/α-hetero) is 1. The number of rotatable bonds is 7. The van der Waals surface area contributed by atoms with Crippen molar-refractivity contribution in [3.05, 3.63) is 51.2 Å². The summed E-state index contributed by atoms with van der Waals surface area (Å²) in [5.41, 5.74) is 0.355. The fourth-order valence-electron chi connectivity index (χ4n) is 2.70. The maximum absolute atomic E-state index is 12.4. The van der Waals surface area contributed by atoms with Crippen molar-refractivity contribution in [3.8, 4) is 0 Å². The molecule has 1 aliphatic rings. The predicted molar refractivity (Wildman–Crippen MR) is 107 cm³/mol. The summed E-state index contributed by atoms with van der Waals surface area (Å²) in [6.45, 7) is 1.26. The van der Waals surface area contributed by atoms with Gasteiger partial charge in [0.1, 0.15) is 0 Å². The highest BCUT2D eigenvalue weighted by molar-refractivity contribution is 8.00. The van der Waals surface area contributed by atoms with E-state index in [1.807, 2.05) is 4.90 Å². The number of hydrogen-bond acceptors (Lipinski definition) is 6. The van der Waals surface area contributed by atoms with Crippen molar-refractivity contribution in [1.82, 2.24) is 4.90 Å². The first-order valence-corrected chi connectivity index (χ1v) is 10.7. The summed E-state index contributed by atoms with van der Waals surface area (Å²) in [7, 11) is 0. The molecule has 1 saturated heterocycles. The van der Waals surface area contributed by atoms with Gasteiger partial charge in [-0.05, 0) is 37.1 Å². The average molecular weight is 424 g/mol. The first kappa shape index (κ1) is 19.9. The number of benzene rings is 1. The Bertz CT molecular complexity index is 846. The van der Waals surface area contributed by atoms with Crippen molar-refractivity contribution in [2.45, 2.75) is 17.7 Å². The number of ketones is 1. The largest absolute Gasteiger partial charge is 0.454 e. The Balaban J connectivity index is 1.58. The lowest BCUT2D eigenvalue weighted by molar-refractivity contribution is -0.127. The Morgan fingerprint density at radius 3 is 2.56 bits per heavy atom. The second-order valence-electron chi connectivity index (χ2n) is 5.98. The summed E-state index contributed by atoms with van der Waals surface area (Å²) in [5.74, 6) is -0.528. The smallest absolute Gasteiger partial charge is 0.339 e. The van der Waals surface area contributed by atoms with Crippen LogP contribution < -0.4 is 0 Å². The molecule has 5 nitrogen and oxygen atoms in total. The summed E-state index contributed by atoms with van der Waals surface area (Å²) in [6.07, 6.45) is 2.09. The standard InChI is InChI=1S/C19H18ClNO4S2/c20-17-8-7-16(27-17)14(22)11-25-19(24)13-5-1-2-6-15(13)26-12-18(23)21-9-3-4-10-21/h1-2,5-8H,3-4,9-12H2. The normalized spacial score (nSPS) is 13.6. The van der Waals surface area contributed by atoms with E-state index in [-0.39, 0.29) is 24.1 Å². The van der Waals surface area contributed by atoms with Gasteiger partial charge in [-0.25, -0.2) is 4.79 Å². The first-order chi connectivity index (χ1) is 13.0. The second-order valence-corrected chi connectivity index (χ2v) is 8.71. The quantitative estimate of drug-likeness (QED) is 0.380.